The van der Waals surface area contributed by atoms with Gasteiger partial charge in [0, 0.05) is 21.8 Å². The van der Waals surface area contributed by atoms with Crippen LogP contribution < -0.4 is 5.73 Å². The first-order valence-corrected chi connectivity index (χ1v) is 5.37. The number of nitrogen functional groups attached to an aromatic ring is 1. The molecule has 2 aromatic rings. The van der Waals surface area contributed by atoms with Gasteiger partial charge in [-0.2, -0.15) is 0 Å². The van der Waals surface area contributed by atoms with Crippen molar-refractivity contribution in [3.8, 4) is 11.3 Å². The molecule has 0 saturated heterocycles. The third-order valence-electron chi connectivity index (χ3n) is 2.13. The highest BCUT2D eigenvalue weighted by atomic mass is 35.5. The Hall–Kier alpha value is -1.32. The number of halogens is 2. The predicted molar refractivity (Wildman–Crippen MR) is 66.6 cm³/mol. The standard InChI is InChI=1S/C11H9Cl2N3/c1-6-5-15-11(14)16-10(6)7-2-8(12)4-9(13)3-7/h2-5H,1H3,(H2,14,15,16). The lowest BCUT2D eigenvalue weighted by Gasteiger charge is -2.06. The summed E-state index contributed by atoms with van der Waals surface area (Å²) in [6.07, 6.45) is 1.67. The molecule has 16 heavy (non-hydrogen) atoms. The topological polar surface area (TPSA) is 51.8 Å². The van der Waals surface area contributed by atoms with Gasteiger partial charge < -0.3 is 5.73 Å². The molecule has 0 aliphatic rings. The molecular formula is C11H9Cl2N3. The van der Waals surface area contributed by atoms with Crippen molar-refractivity contribution in [1.29, 1.82) is 0 Å². The first kappa shape index (κ1) is 11.2. The Morgan fingerprint density at radius 1 is 1.12 bits per heavy atom. The Kier molecular flexibility index (Phi) is 2.99. The third kappa shape index (κ3) is 2.26. The largest absolute Gasteiger partial charge is 0.368 e. The molecule has 2 rings (SSSR count). The fourth-order valence-electron chi connectivity index (χ4n) is 1.44. The normalized spacial score (nSPS) is 10.4. The fourth-order valence-corrected chi connectivity index (χ4v) is 1.96. The zero-order chi connectivity index (χ0) is 11.7. The average molecular weight is 254 g/mol. The summed E-state index contributed by atoms with van der Waals surface area (Å²) in [6.45, 7) is 1.91. The minimum atomic E-state index is 0.233. The lowest BCUT2D eigenvalue weighted by atomic mass is 10.1. The summed E-state index contributed by atoms with van der Waals surface area (Å²) in [5, 5.41) is 1.14. The summed E-state index contributed by atoms with van der Waals surface area (Å²) in [4.78, 5) is 8.08. The molecule has 0 spiro atoms. The number of nitrogens with zero attached hydrogens (tertiary/aromatic N) is 2. The molecule has 3 nitrogen and oxygen atoms in total. The van der Waals surface area contributed by atoms with Gasteiger partial charge in [-0.05, 0) is 30.7 Å². The van der Waals surface area contributed by atoms with E-state index in [2.05, 4.69) is 9.97 Å². The van der Waals surface area contributed by atoms with Crippen LogP contribution in [0.5, 0.6) is 0 Å². The SMILES string of the molecule is Cc1cnc(N)nc1-c1cc(Cl)cc(Cl)c1. The van der Waals surface area contributed by atoms with Crippen molar-refractivity contribution in [1.82, 2.24) is 9.97 Å². The van der Waals surface area contributed by atoms with Crippen LogP contribution in [0.25, 0.3) is 11.3 Å². The van der Waals surface area contributed by atoms with E-state index in [1.165, 1.54) is 0 Å². The first-order valence-electron chi connectivity index (χ1n) is 4.62. The van der Waals surface area contributed by atoms with Crippen LogP contribution in [0.2, 0.25) is 10.0 Å². The maximum atomic E-state index is 5.93. The summed E-state index contributed by atoms with van der Waals surface area (Å²) in [6, 6.07) is 5.26. The second-order valence-electron chi connectivity index (χ2n) is 3.42. The van der Waals surface area contributed by atoms with E-state index in [1.807, 2.05) is 6.92 Å². The summed E-state index contributed by atoms with van der Waals surface area (Å²) in [5.41, 5.74) is 8.06. The van der Waals surface area contributed by atoms with Crippen molar-refractivity contribution in [3.63, 3.8) is 0 Å². The van der Waals surface area contributed by atoms with Crippen molar-refractivity contribution >= 4 is 29.2 Å². The number of anilines is 1. The van der Waals surface area contributed by atoms with Crippen LogP contribution in [-0.4, -0.2) is 9.97 Å². The maximum absolute atomic E-state index is 5.93. The summed E-state index contributed by atoms with van der Waals surface area (Å²) < 4.78 is 0. The van der Waals surface area contributed by atoms with Crippen LogP contribution in [-0.2, 0) is 0 Å². The fraction of sp³-hybridized carbons (Fsp3) is 0.0909. The molecule has 0 fully saturated rings. The van der Waals surface area contributed by atoms with Gasteiger partial charge in [-0.25, -0.2) is 9.97 Å². The van der Waals surface area contributed by atoms with Gasteiger partial charge in [0.2, 0.25) is 5.95 Å². The monoisotopic (exact) mass is 253 g/mol. The molecule has 0 unspecified atom stereocenters. The molecule has 5 heteroatoms. The number of rotatable bonds is 1. The molecule has 82 valence electrons. The van der Waals surface area contributed by atoms with E-state index in [4.69, 9.17) is 28.9 Å². The van der Waals surface area contributed by atoms with Crippen LogP contribution in [0.3, 0.4) is 0 Å². The number of aromatic nitrogens is 2. The molecule has 0 aliphatic heterocycles. The number of benzene rings is 1. The van der Waals surface area contributed by atoms with E-state index in [-0.39, 0.29) is 5.95 Å². The van der Waals surface area contributed by atoms with Crippen LogP contribution in [0.1, 0.15) is 5.56 Å². The zero-order valence-electron chi connectivity index (χ0n) is 8.54. The highest BCUT2D eigenvalue weighted by Crippen LogP contribution is 2.27. The summed E-state index contributed by atoms with van der Waals surface area (Å²) in [7, 11) is 0. The molecule has 0 bridgehead atoms. The van der Waals surface area contributed by atoms with Crippen molar-refractivity contribution in [3.05, 3.63) is 40.0 Å². The van der Waals surface area contributed by atoms with Crippen molar-refractivity contribution in [2.45, 2.75) is 6.92 Å². The van der Waals surface area contributed by atoms with Crippen LogP contribution in [0.15, 0.2) is 24.4 Å². The molecule has 0 atom stereocenters. The van der Waals surface area contributed by atoms with E-state index in [0.29, 0.717) is 10.0 Å². The van der Waals surface area contributed by atoms with Crippen molar-refractivity contribution in [2.75, 3.05) is 5.73 Å². The maximum Gasteiger partial charge on any atom is 0.220 e. The molecule has 1 aromatic carbocycles. The van der Waals surface area contributed by atoms with Crippen LogP contribution >= 0.6 is 23.2 Å². The Morgan fingerprint density at radius 2 is 1.75 bits per heavy atom. The van der Waals surface area contributed by atoms with E-state index in [0.717, 1.165) is 16.8 Å². The molecule has 1 heterocycles. The predicted octanol–water partition coefficient (Wildman–Crippen LogP) is 3.34. The zero-order valence-corrected chi connectivity index (χ0v) is 10.0. The number of nitrogens with two attached hydrogens (primary N) is 1. The molecule has 0 amide bonds. The lowest BCUT2D eigenvalue weighted by Crippen LogP contribution is -1.98. The molecule has 1 aromatic heterocycles. The molecular weight excluding hydrogens is 245 g/mol. The van der Waals surface area contributed by atoms with Crippen LogP contribution in [0, 0.1) is 6.92 Å². The van der Waals surface area contributed by atoms with Gasteiger partial charge in [0.1, 0.15) is 0 Å². The second kappa shape index (κ2) is 4.28. The highest BCUT2D eigenvalue weighted by Gasteiger charge is 2.07. The first-order chi connectivity index (χ1) is 7.56. The molecule has 0 saturated carbocycles. The van der Waals surface area contributed by atoms with Crippen LogP contribution in [0.4, 0.5) is 5.95 Å². The van der Waals surface area contributed by atoms with Gasteiger partial charge in [0.15, 0.2) is 0 Å². The van der Waals surface area contributed by atoms with E-state index < -0.39 is 0 Å². The molecule has 0 radical (unpaired) electrons. The third-order valence-corrected chi connectivity index (χ3v) is 2.56. The Bertz CT molecular complexity index is 520. The number of aryl methyl sites for hydroxylation is 1. The Balaban J connectivity index is 2.62. The minimum Gasteiger partial charge on any atom is -0.368 e. The smallest absolute Gasteiger partial charge is 0.220 e. The number of hydrogen-bond acceptors (Lipinski definition) is 3. The number of hydrogen-bond donors (Lipinski definition) is 1. The van der Waals surface area contributed by atoms with Crippen molar-refractivity contribution < 1.29 is 0 Å². The summed E-state index contributed by atoms with van der Waals surface area (Å²) >= 11 is 11.9. The van der Waals surface area contributed by atoms with Gasteiger partial charge in [-0.3, -0.25) is 0 Å². The molecule has 0 aliphatic carbocycles. The van der Waals surface area contributed by atoms with Gasteiger partial charge in [0.25, 0.3) is 0 Å². The lowest BCUT2D eigenvalue weighted by molar-refractivity contribution is 1.15. The van der Waals surface area contributed by atoms with Gasteiger partial charge in [-0.15, -0.1) is 0 Å². The van der Waals surface area contributed by atoms with Gasteiger partial charge in [0.05, 0.1) is 5.69 Å². The minimum absolute atomic E-state index is 0.233. The summed E-state index contributed by atoms with van der Waals surface area (Å²) in [5.74, 6) is 0.233. The molecule has 2 N–H and O–H groups in total. The van der Waals surface area contributed by atoms with Gasteiger partial charge >= 0.3 is 0 Å². The van der Waals surface area contributed by atoms with Crippen molar-refractivity contribution in [2.24, 2.45) is 0 Å². The van der Waals surface area contributed by atoms with E-state index >= 15 is 0 Å². The average Bonchev–Trinajstić information content (AvgIpc) is 2.20. The Labute approximate surface area is 103 Å². The Morgan fingerprint density at radius 3 is 2.38 bits per heavy atom. The van der Waals surface area contributed by atoms with E-state index in [1.54, 1.807) is 24.4 Å². The van der Waals surface area contributed by atoms with E-state index in [9.17, 15) is 0 Å². The second-order valence-corrected chi connectivity index (χ2v) is 4.29. The quantitative estimate of drug-likeness (QED) is 0.849. The van der Waals surface area contributed by atoms with Gasteiger partial charge in [-0.1, -0.05) is 23.2 Å². The highest BCUT2D eigenvalue weighted by molar-refractivity contribution is 6.35.